The zero-order valence-electron chi connectivity index (χ0n) is 7.26. The molecule has 0 unspecified atom stereocenters. The van der Waals surface area contributed by atoms with E-state index in [4.69, 9.17) is 9.84 Å². The van der Waals surface area contributed by atoms with Gasteiger partial charge in [0.05, 0.1) is 25.4 Å². The molecule has 0 aliphatic carbocycles. The van der Waals surface area contributed by atoms with Gasteiger partial charge in [-0.3, -0.25) is 0 Å². The van der Waals surface area contributed by atoms with Crippen LogP contribution in [0.15, 0.2) is 0 Å². The second kappa shape index (κ2) is 3.52. The Kier molecular flexibility index (Phi) is 2.87. The van der Waals surface area contributed by atoms with E-state index in [0.717, 1.165) is 6.54 Å². The summed E-state index contributed by atoms with van der Waals surface area (Å²) in [7, 11) is 0. The van der Waals surface area contributed by atoms with Crippen LogP contribution in [0.1, 0.15) is 13.8 Å². The molecule has 1 aliphatic heterocycles. The van der Waals surface area contributed by atoms with E-state index in [9.17, 15) is 0 Å². The maximum atomic E-state index is 9.01. The third-order valence-corrected chi connectivity index (χ3v) is 1.94. The summed E-state index contributed by atoms with van der Waals surface area (Å²) < 4.78 is 5.04. The van der Waals surface area contributed by atoms with Crippen molar-refractivity contribution in [3.05, 3.63) is 0 Å². The van der Waals surface area contributed by atoms with E-state index in [1.807, 2.05) is 0 Å². The van der Waals surface area contributed by atoms with Gasteiger partial charge in [0, 0.05) is 0 Å². The Balaban J connectivity index is 2.22. The third kappa shape index (κ3) is 2.15. The molecule has 0 atom stereocenters. The second-order valence-corrected chi connectivity index (χ2v) is 3.71. The Hall–Kier alpha value is -0.120. The number of rotatable bonds is 4. The first-order chi connectivity index (χ1) is 5.18. The lowest BCUT2D eigenvalue weighted by Crippen LogP contribution is -2.63. The summed E-state index contributed by atoms with van der Waals surface area (Å²) in [6, 6.07) is 0. The number of aliphatic hydroxyl groups excluding tert-OH is 1. The molecule has 3 heteroatoms. The standard InChI is InChI=1S/C8H17NO2/c1-7(2)3-9-8(4-10)5-11-6-8/h7,9-10H,3-6H2,1-2H3. The molecule has 0 aromatic rings. The van der Waals surface area contributed by atoms with Gasteiger partial charge in [-0.1, -0.05) is 13.8 Å². The van der Waals surface area contributed by atoms with Gasteiger partial charge in [0.25, 0.3) is 0 Å². The maximum Gasteiger partial charge on any atom is 0.0887 e. The molecule has 1 saturated heterocycles. The van der Waals surface area contributed by atoms with Gasteiger partial charge in [-0.05, 0) is 12.5 Å². The fourth-order valence-electron chi connectivity index (χ4n) is 1.02. The number of nitrogens with one attached hydrogen (secondary N) is 1. The molecule has 3 nitrogen and oxygen atoms in total. The number of aliphatic hydroxyl groups is 1. The molecule has 0 radical (unpaired) electrons. The first-order valence-corrected chi connectivity index (χ1v) is 4.12. The quantitative estimate of drug-likeness (QED) is 0.606. The maximum absolute atomic E-state index is 9.01. The fraction of sp³-hybridized carbons (Fsp3) is 1.00. The van der Waals surface area contributed by atoms with Crippen LogP contribution in [0.2, 0.25) is 0 Å². The zero-order valence-corrected chi connectivity index (χ0v) is 7.26. The van der Waals surface area contributed by atoms with Crippen molar-refractivity contribution in [1.82, 2.24) is 5.32 Å². The molecule has 0 spiro atoms. The van der Waals surface area contributed by atoms with E-state index in [2.05, 4.69) is 19.2 Å². The van der Waals surface area contributed by atoms with Crippen LogP contribution in [-0.4, -0.2) is 37.0 Å². The van der Waals surface area contributed by atoms with Gasteiger partial charge in [-0.2, -0.15) is 0 Å². The average Bonchev–Trinajstić information content (AvgIpc) is 1.86. The van der Waals surface area contributed by atoms with Gasteiger partial charge >= 0.3 is 0 Å². The van der Waals surface area contributed by atoms with E-state index in [1.54, 1.807) is 0 Å². The summed E-state index contributed by atoms with van der Waals surface area (Å²) in [5.74, 6) is 0.624. The van der Waals surface area contributed by atoms with Crippen LogP contribution in [0.3, 0.4) is 0 Å². The lowest BCUT2D eigenvalue weighted by molar-refractivity contribution is -0.0980. The van der Waals surface area contributed by atoms with Gasteiger partial charge in [0.15, 0.2) is 0 Å². The normalized spacial score (nSPS) is 21.8. The van der Waals surface area contributed by atoms with Crippen molar-refractivity contribution in [2.75, 3.05) is 26.4 Å². The summed E-state index contributed by atoms with van der Waals surface area (Å²) in [6.07, 6.45) is 0. The monoisotopic (exact) mass is 159 g/mol. The van der Waals surface area contributed by atoms with E-state index >= 15 is 0 Å². The van der Waals surface area contributed by atoms with E-state index in [-0.39, 0.29) is 12.1 Å². The average molecular weight is 159 g/mol. The molecular formula is C8H17NO2. The smallest absolute Gasteiger partial charge is 0.0887 e. The van der Waals surface area contributed by atoms with Crippen LogP contribution < -0.4 is 5.32 Å². The Morgan fingerprint density at radius 1 is 1.55 bits per heavy atom. The highest BCUT2D eigenvalue weighted by molar-refractivity contribution is 4.93. The Morgan fingerprint density at radius 2 is 2.18 bits per heavy atom. The first-order valence-electron chi connectivity index (χ1n) is 4.12. The molecule has 0 amide bonds. The molecule has 1 heterocycles. The van der Waals surface area contributed by atoms with Gasteiger partial charge in [0.2, 0.25) is 0 Å². The van der Waals surface area contributed by atoms with Crippen LogP contribution >= 0.6 is 0 Å². The highest BCUT2D eigenvalue weighted by Gasteiger charge is 2.37. The summed E-state index contributed by atoms with van der Waals surface area (Å²) in [6.45, 7) is 6.73. The minimum absolute atomic E-state index is 0.121. The van der Waals surface area contributed by atoms with Gasteiger partial charge in [0.1, 0.15) is 0 Å². The van der Waals surface area contributed by atoms with Gasteiger partial charge < -0.3 is 15.2 Å². The molecule has 66 valence electrons. The molecule has 1 fully saturated rings. The molecule has 0 saturated carbocycles. The van der Waals surface area contributed by atoms with Crippen molar-refractivity contribution in [3.8, 4) is 0 Å². The molecule has 0 aromatic carbocycles. The Bertz CT molecular complexity index is 116. The summed E-state index contributed by atoms with van der Waals surface area (Å²) in [5, 5.41) is 12.3. The number of ether oxygens (including phenoxy) is 1. The Labute approximate surface area is 67.7 Å². The number of hydrogen-bond donors (Lipinski definition) is 2. The molecule has 1 rings (SSSR count). The van der Waals surface area contributed by atoms with E-state index in [1.165, 1.54) is 0 Å². The van der Waals surface area contributed by atoms with Crippen molar-refractivity contribution in [1.29, 1.82) is 0 Å². The number of hydrogen-bond acceptors (Lipinski definition) is 3. The summed E-state index contributed by atoms with van der Waals surface area (Å²) in [5.41, 5.74) is -0.121. The summed E-state index contributed by atoms with van der Waals surface area (Å²) in [4.78, 5) is 0. The van der Waals surface area contributed by atoms with Gasteiger partial charge in [-0.25, -0.2) is 0 Å². The van der Waals surface area contributed by atoms with E-state index in [0.29, 0.717) is 19.1 Å². The van der Waals surface area contributed by atoms with Crippen molar-refractivity contribution >= 4 is 0 Å². The SMILES string of the molecule is CC(C)CNC1(CO)COC1. The van der Waals surface area contributed by atoms with Crippen molar-refractivity contribution in [3.63, 3.8) is 0 Å². The topological polar surface area (TPSA) is 41.5 Å². The van der Waals surface area contributed by atoms with Gasteiger partial charge in [-0.15, -0.1) is 0 Å². The molecular weight excluding hydrogens is 142 g/mol. The van der Waals surface area contributed by atoms with Crippen LogP contribution in [-0.2, 0) is 4.74 Å². The lowest BCUT2D eigenvalue weighted by atomic mass is 9.98. The van der Waals surface area contributed by atoms with Crippen molar-refractivity contribution < 1.29 is 9.84 Å². The summed E-state index contributed by atoms with van der Waals surface area (Å²) >= 11 is 0. The highest BCUT2D eigenvalue weighted by atomic mass is 16.5. The Morgan fingerprint density at radius 3 is 2.45 bits per heavy atom. The predicted molar refractivity (Wildman–Crippen MR) is 43.5 cm³/mol. The minimum Gasteiger partial charge on any atom is -0.394 e. The second-order valence-electron chi connectivity index (χ2n) is 3.71. The molecule has 2 N–H and O–H groups in total. The lowest BCUT2D eigenvalue weighted by Gasteiger charge is -2.41. The van der Waals surface area contributed by atoms with Crippen molar-refractivity contribution in [2.24, 2.45) is 5.92 Å². The largest absolute Gasteiger partial charge is 0.394 e. The van der Waals surface area contributed by atoms with Crippen LogP contribution in [0, 0.1) is 5.92 Å². The predicted octanol–water partition coefficient (Wildman–Crippen LogP) is -0.00670. The molecule has 1 aliphatic rings. The highest BCUT2D eigenvalue weighted by Crippen LogP contribution is 2.15. The van der Waals surface area contributed by atoms with Crippen molar-refractivity contribution in [2.45, 2.75) is 19.4 Å². The fourth-order valence-corrected chi connectivity index (χ4v) is 1.02. The molecule has 11 heavy (non-hydrogen) atoms. The zero-order chi connectivity index (χ0) is 8.32. The third-order valence-electron chi connectivity index (χ3n) is 1.94. The van der Waals surface area contributed by atoms with Crippen LogP contribution in [0.5, 0.6) is 0 Å². The van der Waals surface area contributed by atoms with Crippen LogP contribution in [0.25, 0.3) is 0 Å². The van der Waals surface area contributed by atoms with E-state index < -0.39 is 0 Å². The minimum atomic E-state index is -0.121. The molecule has 0 bridgehead atoms. The first kappa shape index (κ1) is 8.97. The van der Waals surface area contributed by atoms with Crippen LogP contribution in [0.4, 0.5) is 0 Å². The molecule has 0 aromatic heterocycles.